The number of ether oxygens (including phenoxy) is 1. The summed E-state index contributed by atoms with van der Waals surface area (Å²) in [7, 11) is 0. The first kappa shape index (κ1) is 17.4. The molecule has 1 fully saturated rings. The van der Waals surface area contributed by atoms with Crippen molar-refractivity contribution in [3.05, 3.63) is 0 Å². The molecule has 1 heterocycles. The van der Waals surface area contributed by atoms with Crippen molar-refractivity contribution >= 4 is 0 Å². The second-order valence-electron chi connectivity index (χ2n) is 6.16. The first-order valence-corrected chi connectivity index (χ1v) is 8.06. The van der Waals surface area contributed by atoms with Gasteiger partial charge in [0.05, 0.1) is 12.2 Å². The topological polar surface area (TPSA) is 48.3 Å². The lowest BCUT2D eigenvalue weighted by Crippen LogP contribution is -2.50. The van der Waals surface area contributed by atoms with E-state index < -0.39 is 5.54 Å². The molecule has 0 aromatic carbocycles. The Hall–Kier alpha value is -0.630. The van der Waals surface area contributed by atoms with Crippen molar-refractivity contribution in [1.82, 2.24) is 10.2 Å². The van der Waals surface area contributed by atoms with Gasteiger partial charge in [0.2, 0.25) is 0 Å². The van der Waals surface area contributed by atoms with E-state index >= 15 is 0 Å². The van der Waals surface area contributed by atoms with E-state index in [-0.39, 0.29) is 0 Å². The van der Waals surface area contributed by atoms with Crippen molar-refractivity contribution in [3.63, 3.8) is 0 Å². The van der Waals surface area contributed by atoms with Crippen LogP contribution in [0.2, 0.25) is 0 Å². The van der Waals surface area contributed by atoms with E-state index in [1.54, 1.807) is 0 Å². The zero-order valence-electron chi connectivity index (χ0n) is 13.6. The molecule has 1 aliphatic heterocycles. The predicted molar refractivity (Wildman–Crippen MR) is 82.6 cm³/mol. The van der Waals surface area contributed by atoms with Crippen LogP contribution >= 0.6 is 0 Å². The highest BCUT2D eigenvalue weighted by molar-refractivity contribution is 5.05. The van der Waals surface area contributed by atoms with Gasteiger partial charge in [0, 0.05) is 19.2 Å². The molecule has 0 aromatic heterocycles. The highest BCUT2D eigenvalue weighted by Gasteiger charge is 2.30. The van der Waals surface area contributed by atoms with Gasteiger partial charge >= 0.3 is 0 Å². The number of nitriles is 1. The van der Waals surface area contributed by atoms with Crippen LogP contribution in [0.3, 0.4) is 0 Å². The normalized spacial score (nSPS) is 24.9. The fourth-order valence-electron chi connectivity index (χ4n) is 3.05. The number of rotatable bonds is 8. The molecular formula is C16H31N3O. The van der Waals surface area contributed by atoms with Gasteiger partial charge in [-0.2, -0.15) is 5.26 Å². The molecule has 116 valence electrons. The first-order chi connectivity index (χ1) is 9.54. The molecule has 0 amide bonds. The summed E-state index contributed by atoms with van der Waals surface area (Å²) in [6.45, 7) is 12.3. The maximum absolute atomic E-state index is 9.38. The minimum Gasteiger partial charge on any atom is -0.377 e. The minimum atomic E-state index is -0.425. The third-order valence-electron chi connectivity index (χ3n) is 4.11. The van der Waals surface area contributed by atoms with Gasteiger partial charge < -0.3 is 4.74 Å². The largest absolute Gasteiger partial charge is 0.377 e. The Kier molecular flexibility index (Phi) is 7.50. The van der Waals surface area contributed by atoms with Gasteiger partial charge in [0.1, 0.15) is 5.54 Å². The van der Waals surface area contributed by atoms with Crippen molar-refractivity contribution in [2.75, 3.05) is 26.2 Å². The van der Waals surface area contributed by atoms with Gasteiger partial charge in [0.25, 0.3) is 0 Å². The molecule has 3 atom stereocenters. The van der Waals surface area contributed by atoms with Gasteiger partial charge in [-0.15, -0.1) is 0 Å². The molecule has 0 radical (unpaired) electrons. The SMILES string of the molecule is CCCOC1CCCN(C(C)CC(C)(C#N)NCC)C1. The zero-order chi connectivity index (χ0) is 15.0. The Labute approximate surface area is 124 Å². The van der Waals surface area contributed by atoms with E-state index in [9.17, 15) is 5.26 Å². The van der Waals surface area contributed by atoms with Gasteiger partial charge in [-0.25, -0.2) is 0 Å². The lowest BCUT2D eigenvalue weighted by Gasteiger charge is -2.39. The number of likely N-dealkylation sites (tertiary alicyclic amines) is 1. The average molecular weight is 281 g/mol. The van der Waals surface area contributed by atoms with Gasteiger partial charge in [0.15, 0.2) is 0 Å². The molecule has 0 bridgehead atoms. The van der Waals surface area contributed by atoms with Crippen LogP contribution < -0.4 is 5.32 Å². The van der Waals surface area contributed by atoms with E-state index in [1.165, 1.54) is 12.8 Å². The van der Waals surface area contributed by atoms with E-state index in [0.29, 0.717) is 12.1 Å². The summed E-state index contributed by atoms with van der Waals surface area (Å²) in [6.07, 6.45) is 4.69. The van der Waals surface area contributed by atoms with Crippen LogP contribution in [0.5, 0.6) is 0 Å². The Morgan fingerprint density at radius 2 is 2.25 bits per heavy atom. The van der Waals surface area contributed by atoms with Crippen molar-refractivity contribution in [2.45, 2.75) is 71.1 Å². The molecule has 4 heteroatoms. The summed E-state index contributed by atoms with van der Waals surface area (Å²) >= 11 is 0. The average Bonchev–Trinajstić information content (AvgIpc) is 2.45. The molecular weight excluding hydrogens is 250 g/mol. The number of nitrogens with one attached hydrogen (secondary N) is 1. The number of hydrogen-bond donors (Lipinski definition) is 1. The summed E-state index contributed by atoms with van der Waals surface area (Å²) in [4.78, 5) is 2.48. The Bertz CT molecular complexity index is 315. The van der Waals surface area contributed by atoms with Gasteiger partial charge in [-0.1, -0.05) is 13.8 Å². The fraction of sp³-hybridized carbons (Fsp3) is 0.938. The van der Waals surface area contributed by atoms with Crippen molar-refractivity contribution in [2.24, 2.45) is 0 Å². The van der Waals surface area contributed by atoms with Gasteiger partial charge in [-0.3, -0.25) is 10.2 Å². The summed E-state index contributed by atoms with van der Waals surface area (Å²) in [6, 6.07) is 2.83. The second-order valence-corrected chi connectivity index (χ2v) is 6.16. The van der Waals surface area contributed by atoms with Crippen LogP contribution in [-0.2, 0) is 4.74 Å². The van der Waals surface area contributed by atoms with Crippen molar-refractivity contribution < 1.29 is 4.74 Å². The lowest BCUT2D eigenvalue weighted by atomic mass is 9.93. The molecule has 0 aliphatic carbocycles. The molecule has 0 saturated carbocycles. The minimum absolute atomic E-state index is 0.374. The number of piperidine rings is 1. The molecule has 1 rings (SSSR count). The Morgan fingerprint density at radius 3 is 2.85 bits per heavy atom. The molecule has 4 nitrogen and oxygen atoms in total. The highest BCUT2D eigenvalue weighted by atomic mass is 16.5. The first-order valence-electron chi connectivity index (χ1n) is 8.06. The molecule has 3 unspecified atom stereocenters. The van der Waals surface area contributed by atoms with Crippen LogP contribution in [0.15, 0.2) is 0 Å². The fourth-order valence-corrected chi connectivity index (χ4v) is 3.05. The third-order valence-corrected chi connectivity index (χ3v) is 4.11. The number of hydrogen-bond acceptors (Lipinski definition) is 4. The monoisotopic (exact) mass is 281 g/mol. The maximum atomic E-state index is 9.38. The van der Waals surface area contributed by atoms with Crippen LogP contribution in [0.1, 0.15) is 53.4 Å². The van der Waals surface area contributed by atoms with E-state index in [4.69, 9.17) is 4.74 Å². The van der Waals surface area contributed by atoms with Crippen LogP contribution in [0, 0.1) is 11.3 Å². The quantitative estimate of drug-likeness (QED) is 0.743. The second kappa shape index (κ2) is 8.61. The standard InChI is InChI=1S/C16H31N3O/c1-5-10-20-15-8-7-9-19(12-15)14(3)11-16(4,13-17)18-6-2/h14-15,18H,5-12H2,1-4H3. The van der Waals surface area contributed by atoms with Crippen LogP contribution in [-0.4, -0.2) is 48.8 Å². The lowest BCUT2D eigenvalue weighted by molar-refractivity contribution is -0.0132. The zero-order valence-corrected chi connectivity index (χ0v) is 13.6. The highest BCUT2D eigenvalue weighted by Crippen LogP contribution is 2.21. The van der Waals surface area contributed by atoms with Gasteiger partial charge in [-0.05, 0) is 52.6 Å². The Balaban J connectivity index is 2.49. The third kappa shape index (κ3) is 5.40. The molecule has 20 heavy (non-hydrogen) atoms. The van der Waals surface area contributed by atoms with E-state index in [2.05, 4.69) is 37.1 Å². The Morgan fingerprint density at radius 1 is 1.50 bits per heavy atom. The summed E-state index contributed by atoms with van der Waals surface area (Å²) in [5.41, 5.74) is -0.425. The van der Waals surface area contributed by atoms with Crippen molar-refractivity contribution in [3.8, 4) is 6.07 Å². The van der Waals surface area contributed by atoms with E-state index in [0.717, 1.165) is 39.1 Å². The molecule has 0 aromatic rings. The summed E-state index contributed by atoms with van der Waals surface area (Å²) in [5.74, 6) is 0. The molecule has 1 N–H and O–H groups in total. The molecule has 1 saturated heterocycles. The van der Waals surface area contributed by atoms with E-state index in [1.807, 2.05) is 6.92 Å². The maximum Gasteiger partial charge on any atom is 0.105 e. The summed E-state index contributed by atoms with van der Waals surface area (Å²) in [5, 5.41) is 12.7. The van der Waals surface area contributed by atoms with Crippen LogP contribution in [0.25, 0.3) is 0 Å². The number of nitrogens with zero attached hydrogens (tertiary/aromatic N) is 2. The molecule has 1 aliphatic rings. The predicted octanol–water partition coefficient (Wildman–Crippen LogP) is 2.55. The summed E-state index contributed by atoms with van der Waals surface area (Å²) < 4.78 is 5.89. The molecule has 0 spiro atoms. The van der Waals surface area contributed by atoms with Crippen molar-refractivity contribution in [1.29, 1.82) is 5.26 Å². The smallest absolute Gasteiger partial charge is 0.105 e. The van der Waals surface area contributed by atoms with Crippen LogP contribution in [0.4, 0.5) is 0 Å².